The average molecular weight is 474 g/mol. The number of anilines is 1. The van der Waals surface area contributed by atoms with Crippen molar-refractivity contribution in [2.45, 2.75) is 5.16 Å². The molecule has 29 heavy (non-hydrogen) atoms. The van der Waals surface area contributed by atoms with Crippen molar-refractivity contribution in [2.24, 2.45) is 0 Å². The molecular formula is C16H11Cl3N6O3S. The summed E-state index contributed by atoms with van der Waals surface area (Å²) in [5.74, 6) is 5.75. The minimum atomic E-state index is -0.583. The molecule has 150 valence electrons. The molecule has 13 heteroatoms. The third-order valence-electron chi connectivity index (χ3n) is 3.60. The van der Waals surface area contributed by atoms with Crippen molar-refractivity contribution in [2.75, 3.05) is 16.9 Å². The Morgan fingerprint density at radius 1 is 1.17 bits per heavy atom. The molecule has 0 aliphatic carbocycles. The number of nitrogens with two attached hydrogens (primary N) is 1. The van der Waals surface area contributed by atoms with Gasteiger partial charge in [-0.2, -0.15) is 0 Å². The lowest BCUT2D eigenvalue weighted by molar-refractivity contribution is -0.384. The molecule has 0 bridgehead atoms. The Morgan fingerprint density at radius 3 is 2.62 bits per heavy atom. The quantitative estimate of drug-likeness (QED) is 0.237. The number of rotatable bonds is 6. The Morgan fingerprint density at radius 2 is 1.90 bits per heavy atom. The molecule has 3 rings (SSSR count). The summed E-state index contributed by atoms with van der Waals surface area (Å²) in [6.07, 6.45) is 0. The van der Waals surface area contributed by atoms with Gasteiger partial charge in [0, 0.05) is 22.7 Å². The van der Waals surface area contributed by atoms with Gasteiger partial charge in [-0.1, -0.05) is 46.6 Å². The molecular weight excluding hydrogens is 463 g/mol. The van der Waals surface area contributed by atoms with Crippen molar-refractivity contribution in [1.29, 1.82) is 0 Å². The average Bonchev–Trinajstić information content (AvgIpc) is 3.04. The lowest BCUT2D eigenvalue weighted by Crippen LogP contribution is -2.16. The van der Waals surface area contributed by atoms with Crippen molar-refractivity contribution in [1.82, 2.24) is 14.9 Å². The molecule has 1 amide bonds. The monoisotopic (exact) mass is 472 g/mol. The molecule has 0 aliphatic rings. The molecule has 0 saturated heterocycles. The Labute approximate surface area is 183 Å². The normalized spacial score (nSPS) is 10.7. The van der Waals surface area contributed by atoms with E-state index < -0.39 is 10.8 Å². The fraction of sp³-hybridized carbons (Fsp3) is 0.0625. The summed E-state index contributed by atoms with van der Waals surface area (Å²) >= 11 is 19.1. The van der Waals surface area contributed by atoms with E-state index >= 15 is 0 Å². The van der Waals surface area contributed by atoms with E-state index in [1.54, 1.807) is 18.2 Å². The van der Waals surface area contributed by atoms with E-state index in [2.05, 4.69) is 15.5 Å². The summed E-state index contributed by atoms with van der Waals surface area (Å²) in [5, 5.41) is 22.6. The summed E-state index contributed by atoms with van der Waals surface area (Å²) in [6, 6.07) is 8.59. The second-order valence-electron chi connectivity index (χ2n) is 5.56. The number of hydrogen-bond acceptors (Lipinski definition) is 7. The number of nitro groups is 1. The molecule has 1 aromatic heterocycles. The van der Waals surface area contributed by atoms with Gasteiger partial charge in [-0.25, -0.2) is 4.68 Å². The van der Waals surface area contributed by atoms with Gasteiger partial charge in [0.15, 0.2) is 5.82 Å². The lowest BCUT2D eigenvalue weighted by atomic mass is 10.2. The summed E-state index contributed by atoms with van der Waals surface area (Å²) in [7, 11) is 0. The molecule has 0 unspecified atom stereocenters. The maximum absolute atomic E-state index is 12.2. The number of hydrogen-bond donors (Lipinski definition) is 2. The molecule has 2 aromatic carbocycles. The highest BCUT2D eigenvalue weighted by atomic mass is 35.5. The second-order valence-corrected chi connectivity index (χ2v) is 7.75. The molecule has 0 fully saturated rings. The van der Waals surface area contributed by atoms with Crippen molar-refractivity contribution in [3.8, 4) is 11.4 Å². The number of aromatic nitrogens is 3. The summed E-state index contributed by atoms with van der Waals surface area (Å²) < 4.78 is 1.19. The van der Waals surface area contributed by atoms with Gasteiger partial charge >= 0.3 is 0 Å². The molecule has 3 aromatic rings. The number of benzene rings is 2. The van der Waals surface area contributed by atoms with Crippen LogP contribution < -0.4 is 11.2 Å². The van der Waals surface area contributed by atoms with Gasteiger partial charge in [0.25, 0.3) is 5.69 Å². The summed E-state index contributed by atoms with van der Waals surface area (Å²) in [4.78, 5) is 22.5. The van der Waals surface area contributed by atoms with Crippen LogP contribution in [0.4, 0.5) is 11.4 Å². The SMILES string of the molecule is Nn1c(SCC(=O)Nc2cc([N+](=O)[O-])ccc2Cl)nnc1-c1cc(Cl)ccc1Cl. The number of amides is 1. The van der Waals surface area contributed by atoms with E-state index in [1.807, 2.05) is 0 Å². The number of carbonyl (C=O) groups is 1. The largest absolute Gasteiger partial charge is 0.335 e. The zero-order valence-corrected chi connectivity index (χ0v) is 17.4. The van der Waals surface area contributed by atoms with Gasteiger partial charge in [0.2, 0.25) is 11.1 Å². The van der Waals surface area contributed by atoms with E-state index in [9.17, 15) is 14.9 Å². The first-order chi connectivity index (χ1) is 13.8. The number of non-ortho nitro benzene ring substituents is 1. The van der Waals surface area contributed by atoms with Crippen molar-refractivity contribution in [3.63, 3.8) is 0 Å². The number of thioether (sulfide) groups is 1. The maximum atomic E-state index is 12.2. The molecule has 1 heterocycles. The Hall–Kier alpha value is -2.53. The fourth-order valence-electron chi connectivity index (χ4n) is 2.27. The Bertz CT molecular complexity index is 1110. The molecule has 9 nitrogen and oxygen atoms in total. The van der Waals surface area contributed by atoms with Crippen LogP contribution in [0.3, 0.4) is 0 Å². The van der Waals surface area contributed by atoms with Crippen LogP contribution in [0.2, 0.25) is 15.1 Å². The molecule has 0 radical (unpaired) electrons. The van der Waals surface area contributed by atoms with E-state index in [0.29, 0.717) is 15.6 Å². The standard InChI is InChI=1S/C16H11Cl3N6O3S/c17-8-1-3-11(18)10(5-8)15-22-23-16(24(15)20)29-7-14(26)21-13-6-9(25(27)28)2-4-12(13)19/h1-6H,7,20H2,(H,21,26). The maximum Gasteiger partial charge on any atom is 0.271 e. The van der Waals surface area contributed by atoms with Crippen molar-refractivity contribution >= 4 is 63.8 Å². The Kier molecular flexibility index (Phi) is 6.48. The first-order valence-corrected chi connectivity index (χ1v) is 9.90. The number of nitrogens with zero attached hydrogens (tertiary/aromatic N) is 4. The highest BCUT2D eigenvalue weighted by Gasteiger charge is 2.17. The van der Waals surface area contributed by atoms with E-state index in [0.717, 1.165) is 11.8 Å². The number of nitro benzene ring substituents is 1. The zero-order valence-electron chi connectivity index (χ0n) is 14.3. The lowest BCUT2D eigenvalue weighted by Gasteiger charge is -2.07. The van der Waals surface area contributed by atoms with Crippen LogP contribution in [0.1, 0.15) is 0 Å². The number of nitrogens with one attached hydrogen (secondary N) is 1. The van der Waals surface area contributed by atoms with Crippen LogP contribution in [0, 0.1) is 10.1 Å². The molecule has 3 N–H and O–H groups in total. The van der Waals surface area contributed by atoms with Crippen LogP contribution >= 0.6 is 46.6 Å². The fourth-order valence-corrected chi connectivity index (χ4v) is 3.46. The van der Waals surface area contributed by atoms with Crippen LogP contribution in [-0.4, -0.2) is 31.5 Å². The molecule has 0 aliphatic heterocycles. The highest BCUT2D eigenvalue weighted by molar-refractivity contribution is 7.99. The minimum Gasteiger partial charge on any atom is -0.335 e. The van der Waals surface area contributed by atoms with Gasteiger partial charge in [0.05, 0.1) is 26.4 Å². The predicted octanol–water partition coefficient (Wildman–Crippen LogP) is 4.26. The number of nitrogen functional groups attached to an aromatic ring is 1. The zero-order chi connectivity index (χ0) is 21.1. The second kappa shape index (κ2) is 8.87. The topological polar surface area (TPSA) is 129 Å². The van der Waals surface area contributed by atoms with Crippen LogP contribution in [-0.2, 0) is 4.79 Å². The number of halogens is 3. The van der Waals surface area contributed by atoms with E-state index in [4.69, 9.17) is 40.6 Å². The van der Waals surface area contributed by atoms with Crippen LogP contribution in [0.15, 0.2) is 41.6 Å². The minimum absolute atomic E-state index is 0.0857. The van der Waals surface area contributed by atoms with Crippen molar-refractivity contribution < 1.29 is 9.72 Å². The molecule has 0 saturated carbocycles. The molecule has 0 spiro atoms. The van der Waals surface area contributed by atoms with Crippen LogP contribution in [0.25, 0.3) is 11.4 Å². The number of carbonyl (C=O) groups excluding carboxylic acids is 1. The van der Waals surface area contributed by atoms with E-state index in [-0.39, 0.29) is 33.1 Å². The van der Waals surface area contributed by atoms with E-state index in [1.165, 1.54) is 22.9 Å². The summed E-state index contributed by atoms with van der Waals surface area (Å²) in [6.45, 7) is 0. The third kappa shape index (κ3) is 4.91. The van der Waals surface area contributed by atoms with Gasteiger partial charge in [0.1, 0.15) is 0 Å². The predicted molar refractivity (Wildman–Crippen MR) is 113 cm³/mol. The third-order valence-corrected chi connectivity index (χ3v) is 5.44. The summed E-state index contributed by atoms with van der Waals surface area (Å²) in [5.41, 5.74) is 0.433. The van der Waals surface area contributed by atoms with Crippen LogP contribution in [0.5, 0.6) is 0 Å². The van der Waals surface area contributed by atoms with Gasteiger partial charge in [-0.3, -0.25) is 14.9 Å². The van der Waals surface area contributed by atoms with Crippen molar-refractivity contribution in [3.05, 3.63) is 61.6 Å². The van der Waals surface area contributed by atoms with Gasteiger partial charge in [-0.05, 0) is 24.3 Å². The first kappa shape index (κ1) is 21.2. The van der Waals surface area contributed by atoms with Gasteiger partial charge in [-0.15, -0.1) is 10.2 Å². The molecule has 0 atom stereocenters. The first-order valence-electron chi connectivity index (χ1n) is 7.78. The Balaban J connectivity index is 1.70. The van der Waals surface area contributed by atoms with Gasteiger partial charge < -0.3 is 11.2 Å². The smallest absolute Gasteiger partial charge is 0.271 e. The highest BCUT2D eigenvalue weighted by Crippen LogP contribution is 2.31.